The summed E-state index contributed by atoms with van der Waals surface area (Å²) in [5, 5.41) is 0. The number of carbonyl (C=O) groups is 1. The van der Waals surface area contributed by atoms with E-state index >= 15 is 0 Å². The predicted octanol–water partition coefficient (Wildman–Crippen LogP) is 3.54. The Balaban J connectivity index is 2.76. The Morgan fingerprint density at radius 1 is 0.905 bits per heavy atom. The molecule has 0 aromatic heterocycles. The molecule has 0 saturated carbocycles. The van der Waals surface area contributed by atoms with Crippen LogP contribution in [0.4, 0.5) is 0 Å². The van der Waals surface area contributed by atoms with Crippen LogP contribution in [0.3, 0.4) is 0 Å². The highest BCUT2D eigenvalue weighted by Gasteiger charge is 2.23. The minimum atomic E-state index is 0.213. The Hall–Kier alpha value is -1.35. The first-order valence-electron chi connectivity index (χ1n) is 7.92. The van der Waals surface area contributed by atoms with E-state index < -0.39 is 0 Å². The molecule has 3 heteroatoms. The highest BCUT2D eigenvalue weighted by atomic mass is 16.2. The van der Waals surface area contributed by atoms with Gasteiger partial charge in [-0.2, -0.15) is 0 Å². The van der Waals surface area contributed by atoms with Crippen molar-refractivity contribution in [3.63, 3.8) is 0 Å². The van der Waals surface area contributed by atoms with Crippen molar-refractivity contribution >= 4 is 5.91 Å². The summed E-state index contributed by atoms with van der Waals surface area (Å²) in [6.45, 7) is 13.9. The van der Waals surface area contributed by atoms with E-state index in [9.17, 15) is 4.79 Å². The number of hydrogen-bond donors (Lipinski definition) is 0. The Morgan fingerprint density at radius 2 is 1.43 bits per heavy atom. The zero-order valence-electron chi connectivity index (χ0n) is 14.3. The van der Waals surface area contributed by atoms with Crippen molar-refractivity contribution < 1.29 is 4.79 Å². The van der Waals surface area contributed by atoms with E-state index in [2.05, 4.69) is 58.6 Å². The monoisotopic (exact) mass is 290 g/mol. The zero-order valence-corrected chi connectivity index (χ0v) is 14.3. The number of rotatable bonds is 7. The standard InChI is InChI=1S/C18H30N2O/c1-14(2)19(12-17-10-8-7-9-11-17)13-18(21)20(15(3)4)16(5)6/h7-11,14-16H,12-13H2,1-6H3. The molecule has 21 heavy (non-hydrogen) atoms. The molecule has 0 fully saturated rings. The lowest BCUT2D eigenvalue weighted by atomic mass is 10.1. The lowest BCUT2D eigenvalue weighted by Gasteiger charge is -2.34. The summed E-state index contributed by atoms with van der Waals surface area (Å²) in [5.74, 6) is 0.213. The fraction of sp³-hybridized carbons (Fsp3) is 0.611. The highest BCUT2D eigenvalue weighted by Crippen LogP contribution is 2.11. The van der Waals surface area contributed by atoms with Gasteiger partial charge in [-0.1, -0.05) is 30.3 Å². The third-order valence-corrected chi connectivity index (χ3v) is 3.70. The molecule has 3 nitrogen and oxygen atoms in total. The van der Waals surface area contributed by atoms with E-state index in [0.717, 1.165) is 6.54 Å². The van der Waals surface area contributed by atoms with Gasteiger partial charge in [0.1, 0.15) is 0 Å². The van der Waals surface area contributed by atoms with Gasteiger partial charge in [0.2, 0.25) is 5.91 Å². The van der Waals surface area contributed by atoms with Gasteiger partial charge >= 0.3 is 0 Å². The summed E-state index contributed by atoms with van der Waals surface area (Å²) < 4.78 is 0. The molecule has 118 valence electrons. The lowest BCUT2D eigenvalue weighted by Crippen LogP contribution is -2.48. The summed E-state index contributed by atoms with van der Waals surface area (Å²) in [6, 6.07) is 11.2. The normalized spacial score (nSPS) is 11.7. The van der Waals surface area contributed by atoms with Crippen molar-refractivity contribution in [3.8, 4) is 0 Å². The van der Waals surface area contributed by atoms with Crippen LogP contribution in [0.5, 0.6) is 0 Å². The molecule has 0 aliphatic rings. The van der Waals surface area contributed by atoms with Crippen LogP contribution in [-0.2, 0) is 11.3 Å². The quantitative estimate of drug-likeness (QED) is 0.767. The van der Waals surface area contributed by atoms with Gasteiger partial charge in [-0.05, 0) is 47.1 Å². The average molecular weight is 290 g/mol. The summed E-state index contributed by atoms with van der Waals surface area (Å²) in [7, 11) is 0. The van der Waals surface area contributed by atoms with E-state index in [-0.39, 0.29) is 18.0 Å². The van der Waals surface area contributed by atoms with Crippen LogP contribution in [0, 0.1) is 0 Å². The first-order valence-corrected chi connectivity index (χ1v) is 7.92. The zero-order chi connectivity index (χ0) is 16.0. The topological polar surface area (TPSA) is 23.6 Å². The molecule has 0 atom stereocenters. The average Bonchev–Trinajstić information content (AvgIpc) is 2.38. The van der Waals surface area contributed by atoms with Gasteiger partial charge in [-0.3, -0.25) is 9.69 Å². The minimum absolute atomic E-state index is 0.213. The molecule has 0 radical (unpaired) electrons. The van der Waals surface area contributed by atoms with Crippen molar-refractivity contribution in [2.45, 2.75) is 66.2 Å². The van der Waals surface area contributed by atoms with Gasteiger partial charge in [-0.25, -0.2) is 0 Å². The summed E-state index contributed by atoms with van der Waals surface area (Å²) in [5.41, 5.74) is 1.25. The van der Waals surface area contributed by atoms with Gasteiger partial charge in [-0.15, -0.1) is 0 Å². The number of nitrogens with zero attached hydrogens (tertiary/aromatic N) is 2. The van der Waals surface area contributed by atoms with Crippen molar-refractivity contribution in [1.29, 1.82) is 0 Å². The Bertz CT molecular complexity index is 418. The molecule has 0 bridgehead atoms. The van der Waals surface area contributed by atoms with Gasteiger partial charge in [0.15, 0.2) is 0 Å². The second-order valence-electron chi connectivity index (χ2n) is 6.47. The van der Waals surface area contributed by atoms with Gasteiger partial charge in [0.25, 0.3) is 0 Å². The molecule has 1 amide bonds. The fourth-order valence-electron chi connectivity index (χ4n) is 2.67. The summed E-state index contributed by atoms with van der Waals surface area (Å²) in [6.07, 6.45) is 0. The van der Waals surface area contributed by atoms with Crippen molar-refractivity contribution in [1.82, 2.24) is 9.80 Å². The van der Waals surface area contributed by atoms with Crippen LogP contribution in [-0.4, -0.2) is 40.4 Å². The first-order chi connectivity index (χ1) is 9.82. The van der Waals surface area contributed by atoms with E-state index in [1.807, 2.05) is 23.1 Å². The maximum atomic E-state index is 12.6. The number of hydrogen-bond acceptors (Lipinski definition) is 2. The SMILES string of the molecule is CC(C)N(CC(=O)N(C(C)C)C(C)C)Cc1ccccc1. The molecule has 0 aliphatic carbocycles. The Morgan fingerprint density at radius 3 is 1.86 bits per heavy atom. The summed E-state index contributed by atoms with van der Waals surface area (Å²) in [4.78, 5) is 16.8. The fourth-order valence-corrected chi connectivity index (χ4v) is 2.67. The molecule has 0 heterocycles. The van der Waals surface area contributed by atoms with Crippen molar-refractivity contribution in [3.05, 3.63) is 35.9 Å². The Labute approximate surface area is 129 Å². The molecule has 0 spiro atoms. The van der Waals surface area contributed by atoms with E-state index in [1.165, 1.54) is 5.56 Å². The van der Waals surface area contributed by atoms with Crippen LogP contribution in [0.2, 0.25) is 0 Å². The maximum absolute atomic E-state index is 12.6. The molecule has 0 unspecified atom stereocenters. The molecule has 1 aromatic carbocycles. The maximum Gasteiger partial charge on any atom is 0.237 e. The van der Waals surface area contributed by atoms with Crippen molar-refractivity contribution in [2.24, 2.45) is 0 Å². The largest absolute Gasteiger partial charge is 0.337 e. The second-order valence-corrected chi connectivity index (χ2v) is 6.47. The predicted molar refractivity (Wildman–Crippen MR) is 89.1 cm³/mol. The van der Waals surface area contributed by atoms with Crippen molar-refractivity contribution in [2.75, 3.05) is 6.54 Å². The molecule has 0 aliphatic heterocycles. The van der Waals surface area contributed by atoms with Crippen LogP contribution >= 0.6 is 0 Å². The first kappa shape index (κ1) is 17.7. The van der Waals surface area contributed by atoms with E-state index in [0.29, 0.717) is 12.6 Å². The van der Waals surface area contributed by atoms with Crippen LogP contribution in [0.25, 0.3) is 0 Å². The third-order valence-electron chi connectivity index (χ3n) is 3.70. The lowest BCUT2D eigenvalue weighted by molar-refractivity contribution is -0.136. The molecule has 1 aromatic rings. The van der Waals surface area contributed by atoms with Gasteiger partial charge < -0.3 is 4.90 Å². The second kappa shape index (κ2) is 8.18. The molecular weight excluding hydrogens is 260 g/mol. The van der Waals surface area contributed by atoms with Crippen LogP contribution in [0.1, 0.15) is 47.1 Å². The van der Waals surface area contributed by atoms with E-state index in [4.69, 9.17) is 0 Å². The number of benzene rings is 1. The van der Waals surface area contributed by atoms with Gasteiger partial charge in [0.05, 0.1) is 6.54 Å². The molecular formula is C18H30N2O. The molecule has 0 saturated heterocycles. The van der Waals surface area contributed by atoms with Crippen LogP contribution < -0.4 is 0 Å². The number of amides is 1. The molecule has 0 N–H and O–H groups in total. The number of carbonyl (C=O) groups excluding carboxylic acids is 1. The Kier molecular flexibility index (Phi) is 6.90. The van der Waals surface area contributed by atoms with Gasteiger partial charge in [0, 0.05) is 24.7 Å². The molecule has 1 rings (SSSR count). The third kappa shape index (κ3) is 5.50. The smallest absolute Gasteiger partial charge is 0.237 e. The minimum Gasteiger partial charge on any atom is -0.337 e. The summed E-state index contributed by atoms with van der Waals surface area (Å²) >= 11 is 0. The van der Waals surface area contributed by atoms with E-state index in [1.54, 1.807) is 0 Å². The van der Waals surface area contributed by atoms with Crippen LogP contribution in [0.15, 0.2) is 30.3 Å². The highest BCUT2D eigenvalue weighted by molar-refractivity contribution is 5.78.